The van der Waals surface area contributed by atoms with E-state index >= 15 is 0 Å². The first-order chi connectivity index (χ1) is 8.58. The molecule has 4 nitrogen and oxygen atoms in total. The number of nitrogens with one attached hydrogen (secondary N) is 1. The summed E-state index contributed by atoms with van der Waals surface area (Å²) >= 11 is 0. The molecule has 2 N–H and O–H groups in total. The van der Waals surface area contributed by atoms with E-state index in [-0.39, 0.29) is 24.7 Å². The minimum Gasteiger partial charge on any atom is -0.494 e. The number of hydrogen-bond donors (Lipinski definition) is 2. The average Bonchev–Trinajstić information content (AvgIpc) is 3.09. The summed E-state index contributed by atoms with van der Waals surface area (Å²) in [5.74, 6) is -0.523. The lowest BCUT2D eigenvalue weighted by Crippen LogP contribution is -2.40. The molecular formula is C13H16FNO3. The molecule has 18 heavy (non-hydrogen) atoms. The van der Waals surface area contributed by atoms with Gasteiger partial charge in [0.05, 0.1) is 25.7 Å². The lowest BCUT2D eigenvalue weighted by Gasteiger charge is -2.14. The van der Waals surface area contributed by atoms with E-state index in [2.05, 4.69) is 5.32 Å². The maximum atomic E-state index is 13.4. The monoisotopic (exact) mass is 253 g/mol. The van der Waals surface area contributed by atoms with E-state index in [0.29, 0.717) is 5.56 Å². The Hall–Kier alpha value is -1.62. The maximum Gasteiger partial charge on any atom is 0.224 e. The van der Waals surface area contributed by atoms with Crippen molar-refractivity contribution in [3.8, 4) is 5.75 Å². The molecule has 0 aromatic heterocycles. The Balaban J connectivity index is 1.97. The number of carbonyl (C=O) groups excluding carboxylic acids is 1. The number of aliphatic hydroxyl groups is 1. The lowest BCUT2D eigenvalue weighted by atomic mass is 10.1. The Bertz CT molecular complexity index is 458. The van der Waals surface area contributed by atoms with E-state index in [9.17, 15) is 9.18 Å². The van der Waals surface area contributed by atoms with E-state index in [1.165, 1.54) is 19.2 Å². The van der Waals surface area contributed by atoms with Crippen LogP contribution < -0.4 is 10.1 Å². The molecule has 1 aliphatic carbocycles. The molecule has 0 aliphatic heterocycles. The molecule has 1 aromatic rings. The molecule has 0 radical (unpaired) electrons. The summed E-state index contributed by atoms with van der Waals surface area (Å²) in [6.07, 6.45) is 1.70. The van der Waals surface area contributed by atoms with Crippen LogP contribution in [-0.2, 0) is 11.2 Å². The quantitative estimate of drug-likeness (QED) is 0.823. The summed E-state index contributed by atoms with van der Waals surface area (Å²) in [6.45, 7) is -0.0459. The first-order valence-corrected chi connectivity index (χ1v) is 5.83. The van der Waals surface area contributed by atoms with E-state index in [1.54, 1.807) is 6.07 Å². The van der Waals surface area contributed by atoms with E-state index in [0.717, 1.165) is 12.8 Å². The standard InChI is InChI=1S/C13H16FNO3/c1-18-11-3-2-9(6-10(11)14)7-12(17)15-13(8-16)4-5-13/h2-3,6,16H,4-5,7-8H2,1H3,(H,15,17). The predicted molar refractivity (Wildman–Crippen MR) is 63.8 cm³/mol. The predicted octanol–water partition coefficient (Wildman–Crippen LogP) is 1.02. The van der Waals surface area contributed by atoms with Crippen molar-refractivity contribution < 1.29 is 19.0 Å². The highest BCUT2D eigenvalue weighted by atomic mass is 19.1. The molecule has 0 atom stereocenters. The minimum absolute atomic E-state index is 0.0459. The molecule has 5 heteroatoms. The smallest absolute Gasteiger partial charge is 0.224 e. The van der Waals surface area contributed by atoms with E-state index in [1.807, 2.05) is 0 Å². The van der Waals surface area contributed by atoms with Gasteiger partial charge in [-0.05, 0) is 30.5 Å². The first-order valence-electron chi connectivity index (χ1n) is 5.83. The molecule has 1 amide bonds. The number of rotatable bonds is 5. The Morgan fingerprint density at radius 2 is 2.28 bits per heavy atom. The number of aliphatic hydroxyl groups excluding tert-OH is 1. The van der Waals surface area contributed by atoms with Crippen molar-refractivity contribution in [1.82, 2.24) is 5.32 Å². The van der Waals surface area contributed by atoms with Crippen molar-refractivity contribution in [2.45, 2.75) is 24.8 Å². The van der Waals surface area contributed by atoms with Crippen LogP contribution in [0.25, 0.3) is 0 Å². The Labute approximate surface area is 105 Å². The fourth-order valence-corrected chi connectivity index (χ4v) is 1.82. The third kappa shape index (κ3) is 2.79. The first kappa shape index (κ1) is 12.8. The van der Waals surface area contributed by atoms with Gasteiger partial charge in [0.2, 0.25) is 5.91 Å². The zero-order chi connectivity index (χ0) is 13.2. The third-order valence-electron chi connectivity index (χ3n) is 3.14. The molecule has 2 rings (SSSR count). The van der Waals surface area contributed by atoms with Crippen LogP contribution in [0.4, 0.5) is 4.39 Å². The highest BCUT2D eigenvalue weighted by Crippen LogP contribution is 2.34. The lowest BCUT2D eigenvalue weighted by molar-refractivity contribution is -0.121. The van der Waals surface area contributed by atoms with Crippen LogP contribution in [0.5, 0.6) is 5.75 Å². The number of ether oxygens (including phenoxy) is 1. The van der Waals surface area contributed by atoms with Crippen LogP contribution in [0.1, 0.15) is 18.4 Å². The molecule has 0 heterocycles. The second-order valence-corrected chi connectivity index (χ2v) is 4.63. The Kier molecular flexibility index (Phi) is 3.52. The van der Waals surface area contributed by atoms with Crippen molar-refractivity contribution in [1.29, 1.82) is 0 Å². The van der Waals surface area contributed by atoms with Crippen molar-refractivity contribution in [2.75, 3.05) is 13.7 Å². The Morgan fingerprint density at radius 1 is 1.56 bits per heavy atom. The highest BCUT2D eigenvalue weighted by molar-refractivity contribution is 5.79. The van der Waals surface area contributed by atoms with Crippen LogP contribution in [0, 0.1) is 5.82 Å². The van der Waals surface area contributed by atoms with Crippen molar-refractivity contribution in [3.05, 3.63) is 29.6 Å². The fourth-order valence-electron chi connectivity index (χ4n) is 1.82. The minimum atomic E-state index is -0.480. The van der Waals surface area contributed by atoms with Crippen LogP contribution in [0.2, 0.25) is 0 Å². The van der Waals surface area contributed by atoms with Crippen LogP contribution in [0.3, 0.4) is 0 Å². The number of benzene rings is 1. The van der Waals surface area contributed by atoms with Gasteiger partial charge in [0.15, 0.2) is 11.6 Å². The average molecular weight is 253 g/mol. The van der Waals surface area contributed by atoms with Gasteiger partial charge in [-0.3, -0.25) is 4.79 Å². The van der Waals surface area contributed by atoms with Gasteiger partial charge < -0.3 is 15.2 Å². The summed E-state index contributed by atoms with van der Waals surface area (Å²) < 4.78 is 18.2. The number of methoxy groups -OCH3 is 1. The largest absolute Gasteiger partial charge is 0.494 e. The van der Waals surface area contributed by atoms with Crippen molar-refractivity contribution >= 4 is 5.91 Å². The maximum absolute atomic E-state index is 13.4. The molecule has 1 fully saturated rings. The van der Waals surface area contributed by atoms with Crippen LogP contribution in [-0.4, -0.2) is 30.3 Å². The zero-order valence-corrected chi connectivity index (χ0v) is 10.2. The number of carbonyl (C=O) groups is 1. The number of hydrogen-bond acceptors (Lipinski definition) is 3. The Morgan fingerprint density at radius 3 is 2.78 bits per heavy atom. The summed E-state index contributed by atoms with van der Waals surface area (Å²) in [5, 5.41) is 11.9. The second-order valence-electron chi connectivity index (χ2n) is 4.63. The topological polar surface area (TPSA) is 58.6 Å². The normalized spacial score (nSPS) is 16.2. The molecule has 0 unspecified atom stereocenters. The molecule has 98 valence electrons. The second kappa shape index (κ2) is 4.94. The molecule has 1 saturated carbocycles. The van der Waals surface area contributed by atoms with E-state index in [4.69, 9.17) is 9.84 Å². The SMILES string of the molecule is COc1ccc(CC(=O)NC2(CO)CC2)cc1F. The van der Waals surface area contributed by atoms with Gasteiger partial charge >= 0.3 is 0 Å². The molecular weight excluding hydrogens is 237 g/mol. The van der Waals surface area contributed by atoms with Gasteiger partial charge in [0.25, 0.3) is 0 Å². The van der Waals surface area contributed by atoms with Crippen LogP contribution >= 0.6 is 0 Å². The molecule has 1 aromatic carbocycles. The molecule has 0 bridgehead atoms. The van der Waals surface area contributed by atoms with Gasteiger partial charge in [0, 0.05) is 0 Å². The van der Waals surface area contributed by atoms with Gasteiger partial charge in [-0.2, -0.15) is 0 Å². The molecule has 1 aliphatic rings. The fraction of sp³-hybridized carbons (Fsp3) is 0.462. The summed E-state index contributed by atoms with van der Waals surface area (Å²) in [5.41, 5.74) is 0.154. The summed E-state index contributed by atoms with van der Waals surface area (Å²) in [6, 6.07) is 4.44. The molecule has 0 saturated heterocycles. The van der Waals surface area contributed by atoms with Crippen molar-refractivity contribution in [3.63, 3.8) is 0 Å². The zero-order valence-electron chi connectivity index (χ0n) is 10.2. The summed E-state index contributed by atoms with van der Waals surface area (Å²) in [7, 11) is 1.39. The molecule has 0 spiro atoms. The van der Waals surface area contributed by atoms with Gasteiger partial charge in [-0.15, -0.1) is 0 Å². The van der Waals surface area contributed by atoms with Gasteiger partial charge in [-0.25, -0.2) is 4.39 Å². The van der Waals surface area contributed by atoms with Crippen LogP contribution in [0.15, 0.2) is 18.2 Å². The third-order valence-corrected chi connectivity index (χ3v) is 3.14. The van der Waals surface area contributed by atoms with Crippen molar-refractivity contribution in [2.24, 2.45) is 0 Å². The van der Waals surface area contributed by atoms with E-state index < -0.39 is 11.4 Å². The van der Waals surface area contributed by atoms with Gasteiger partial charge in [-0.1, -0.05) is 6.07 Å². The summed E-state index contributed by atoms with van der Waals surface area (Å²) in [4.78, 5) is 11.7. The highest BCUT2D eigenvalue weighted by Gasteiger charge is 2.43. The number of halogens is 1. The van der Waals surface area contributed by atoms with Gasteiger partial charge in [0.1, 0.15) is 0 Å². The number of amides is 1.